The van der Waals surface area contributed by atoms with Crippen molar-refractivity contribution in [3.05, 3.63) is 22.7 Å². The van der Waals surface area contributed by atoms with Crippen molar-refractivity contribution in [1.82, 2.24) is 15.3 Å². The lowest BCUT2D eigenvalue weighted by atomic mass is 9.88. The zero-order chi connectivity index (χ0) is 12.4. The van der Waals surface area contributed by atoms with E-state index in [1.165, 1.54) is 19.4 Å². The summed E-state index contributed by atoms with van der Waals surface area (Å²) < 4.78 is 0. The maximum atomic E-state index is 11.7. The number of aromatic amines is 1. The van der Waals surface area contributed by atoms with Crippen LogP contribution in [0.1, 0.15) is 25.7 Å². The molecule has 0 amide bonds. The van der Waals surface area contributed by atoms with E-state index < -0.39 is 0 Å². The SMILES string of the molecule is O=c1[nH]ccnc1N1CCC(C2CCCN2)CC1. The molecule has 0 bridgehead atoms. The number of hydrogen-bond donors (Lipinski definition) is 2. The van der Waals surface area contributed by atoms with E-state index in [2.05, 4.69) is 20.2 Å². The van der Waals surface area contributed by atoms with Crippen molar-refractivity contribution in [3.8, 4) is 0 Å². The van der Waals surface area contributed by atoms with Crippen LogP contribution < -0.4 is 15.8 Å². The maximum Gasteiger partial charge on any atom is 0.290 e. The van der Waals surface area contributed by atoms with Gasteiger partial charge in [-0.3, -0.25) is 4.79 Å². The fourth-order valence-corrected chi connectivity index (χ4v) is 3.20. The lowest BCUT2D eigenvalue weighted by Gasteiger charge is -2.35. The van der Waals surface area contributed by atoms with Crippen LogP contribution in [0.4, 0.5) is 5.82 Å². The molecule has 98 valence electrons. The molecular weight excluding hydrogens is 228 g/mol. The summed E-state index contributed by atoms with van der Waals surface area (Å²) in [5.74, 6) is 1.35. The second-order valence-corrected chi connectivity index (χ2v) is 5.27. The molecule has 2 saturated heterocycles. The molecule has 2 N–H and O–H groups in total. The molecule has 1 unspecified atom stereocenters. The van der Waals surface area contributed by atoms with Crippen molar-refractivity contribution in [2.45, 2.75) is 31.7 Å². The van der Waals surface area contributed by atoms with Crippen LogP contribution >= 0.6 is 0 Å². The fourth-order valence-electron chi connectivity index (χ4n) is 3.20. The first-order valence-electron chi connectivity index (χ1n) is 6.86. The third kappa shape index (κ3) is 2.27. The summed E-state index contributed by atoms with van der Waals surface area (Å²) in [4.78, 5) is 20.7. The number of rotatable bonds is 2. The zero-order valence-corrected chi connectivity index (χ0v) is 10.6. The Bertz CT molecular complexity index is 444. The molecule has 0 spiro atoms. The van der Waals surface area contributed by atoms with Gasteiger partial charge in [-0.05, 0) is 38.1 Å². The Morgan fingerprint density at radius 1 is 1.28 bits per heavy atom. The third-order valence-electron chi connectivity index (χ3n) is 4.20. The molecule has 0 saturated carbocycles. The van der Waals surface area contributed by atoms with Gasteiger partial charge in [0.25, 0.3) is 5.56 Å². The predicted molar refractivity (Wildman–Crippen MR) is 70.8 cm³/mol. The first-order valence-corrected chi connectivity index (χ1v) is 6.86. The molecule has 1 aromatic heterocycles. The maximum absolute atomic E-state index is 11.7. The van der Waals surface area contributed by atoms with Crippen molar-refractivity contribution in [2.24, 2.45) is 5.92 Å². The van der Waals surface area contributed by atoms with Crippen LogP contribution in [-0.2, 0) is 0 Å². The van der Waals surface area contributed by atoms with Gasteiger partial charge in [0.05, 0.1) is 0 Å². The Kier molecular flexibility index (Phi) is 3.32. The molecule has 2 aliphatic rings. The molecule has 18 heavy (non-hydrogen) atoms. The van der Waals surface area contributed by atoms with Crippen LogP contribution in [0, 0.1) is 5.92 Å². The van der Waals surface area contributed by atoms with E-state index in [0.29, 0.717) is 11.9 Å². The van der Waals surface area contributed by atoms with Crippen molar-refractivity contribution in [1.29, 1.82) is 0 Å². The van der Waals surface area contributed by atoms with Gasteiger partial charge in [-0.2, -0.15) is 0 Å². The molecule has 1 atom stereocenters. The number of piperidine rings is 1. The number of aromatic nitrogens is 2. The standard InChI is InChI=1S/C13H20N4O/c18-13-12(15-6-7-16-13)17-8-3-10(4-9-17)11-2-1-5-14-11/h6-7,10-11,14H,1-5,8-9H2,(H,16,18). The first-order chi connectivity index (χ1) is 8.84. The minimum absolute atomic E-state index is 0.0741. The van der Waals surface area contributed by atoms with Crippen molar-refractivity contribution in [2.75, 3.05) is 24.5 Å². The summed E-state index contributed by atoms with van der Waals surface area (Å²) in [5.41, 5.74) is -0.0741. The smallest absolute Gasteiger partial charge is 0.290 e. The average molecular weight is 248 g/mol. The predicted octanol–water partition coefficient (Wildman–Crippen LogP) is 0.738. The highest BCUT2D eigenvalue weighted by Crippen LogP contribution is 2.26. The average Bonchev–Trinajstić information content (AvgIpc) is 2.94. The van der Waals surface area contributed by atoms with Crippen LogP contribution in [0.3, 0.4) is 0 Å². The second kappa shape index (κ2) is 5.10. The summed E-state index contributed by atoms with van der Waals surface area (Å²) in [6.07, 6.45) is 8.18. The van der Waals surface area contributed by atoms with Crippen LogP contribution in [0.2, 0.25) is 0 Å². The van der Waals surface area contributed by atoms with Crippen LogP contribution in [0.5, 0.6) is 0 Å². The summed E-state index contributed by atoms with van der Waals surface area (Å²) in [6, 6.07) is 0.703. The number of nitrogens with one attached hydrogen (secondary N) is 2. The molecule has 1 aromatic rings. The molecule has 0 aliphatic carbocycles. The number of anilines is 1. The normalized spacial score (nSPS) is 25.6. The van der Waals surface area contributed by atoms with Gasteiger partial charge in [-0.1, -0.05) is 0 Å². The Labute approximate surface area is 107 Å². The van der Waals surface area contributed by atoms with Crippen LogP contribution in [-0.4, -0.2) is 35.6 Å². The lowest BCUT2D eigenvalue weighted by molar-refractivity contribution is 0.318. The molecular formula is C13H20N4O. The quantitative estimate of drug-likeness (QED) is 0.810. The van der Waals surface area contributed by atoms with Crippen molar-refractivity contribution in [3.63, 3.8) is 0 Å². The third-order valence-corrected chi connectivity index (χ3v) is 4.20. The molecule has 3 rings (SSSR count). The highest BCUT2D eigenvalue weighted by molar-refractivity contribution is 5.35. The Hall–Kier alpha value is -1.36. The Morgan fingerprint density at radius 2 is 2.11 bits per heavy atom. The van der Waals surface area contributed by atoms with Gasteiger partial charge in [0.2, 0.25) is 0 Å². The van der Waals surface area contributed by atoms with E-state index >= 15 is 0 Å². The second-order valence-electron chi connectivity index (χ2n) is 5.27. The monoisotopic (exact) mass is 248 g/mol. The summed E-state index contributed by atoms with van der Waals surface area (Å²) >= 11 is 0. The van der Waals surface area contributed by atoms with Gasteiger partial charge in [0, 0.05) is 31.5 Å². The van der Waals surface area contributed by atoms with E-state index in [9.17, 15) is 4.79 Å². The van der Waals surface area contributed by atoms with E-state index in [1.54, 1.807) is 12.4 Å². The summed E-state index contributed by atoms with van der Waals surface area (Å²) in [6.45, 7) is 3.07. The van der Waals surface area contributed by atoms with E-state index in [0.717, 1.165) is 31.8 Å². The zero-order valence-electron chi connectivity index (χ0n) is 10.6. The first kappa shape index (κ1) is 11.7. The van der Waals surface area contributed by atoms with Crippen molar-refractivity contribution >= 4 is 5.82 Å². The fraction of sp³-hybridized carbons (Fsp3) is 0.692. The van der Waals surface area contributed by atoms with Crippen LogP contribution in [0.25, 0.3) is 0 Å². The van der Waals surface area contributed by atoms with Gasteiger partial charge in [0.15, 0.2) is 5.82 Å². The Balaban J connectivity index is 1.63. The minimum atomic E-state index is -0.0741. The number of nitrogens with zero attached hydrogens (tertiary/aromatic N) is 2. The largest absolute Gasteiger partial charge is 0.352 e. The number of H-pyrrole nitrogens is 1. The molecule has 0 radical (unpaired) electrons. The molecule has 0 aromatic carbocycles. The lowest BCUT2D eigenvalue weighted by Crippen LogP contribution is -2.42. The van der Waals surface area contributed by atoms with Crippen LogP contribution in [0.15, 0.2) is 17.2 Å². The molecule has 5 nitrogen and oxygen atoms in total. The summed E-state index contributed by atoms with van der Waals surface area (Å²) in [5, 5.41) is 3.59. The highest BCUT2D eigenvalue weighted by Gasteiger charge is 2.29. The van der Waals surface area contributed by atoms with Gasteiger partial charge in [-0.25, -0.2) is 4.98 Å². The molecule has 3 heterocycles. The topological polar surface area (TPSA) is 61.0 Å². The van der Waals surface area contributed by atoms with Gasteiger partial charge in [-0.15, -0.1) is 0 Å². The number of hydrogen-bond acceptors (Lipinski definition) is 4. The van der Waals surface area contributed by atoms with Crippen molar-refractivity contribution < 1.29 is 0 Å². The highest BCUT2D eigenvalue weighted by atomic mass is 16.1. The Morgan fingerprint density at radius 3 is 2.78 bits per heavy atom. The molecule has 5 heteroatoms. The van der Waals surface area contributed by atoms with E-state index in [-0.39, 0.29) is 5.56 Å². The summed E-state index contributed by atoms with van der Waals surface area (Å²) in [7, 11) is 0. The van der Waals surface area contributed by atoms with E-state index in [1.807, 2.05) is 0 Å². The van der Waals surface area contributed by atoms with Gasteiger partial charge >= 0.3 is 0 Å². The molecule has 2 aliphatic heterocycles. The van der Waals surface area contributed by atoms with Gasteiger partial charge < -0.3 is 15.2 Å². The molecule has 2 fully saturated rings. The minimum Gasteiger partial charge on any atom is -0.352 e. The van der Waals surface area contributed by atoms with Gasteiger partial charge in [0.1, 0.15) is 0 Å². The van der Waals surface area contributed by atoms with E-state index in [4.69, 9.17) is 0 Å².